The van der Waals surface area contributed by atoms with Crippen LogP contribution in [0.2, 0.25) is 0 Å². The van der Waals surface area contributed by atoms with Gasteiger partial charge in [-0.3, -0.25) is 0 Å². The summed E-state index contributed by atoms with van der Waals surface area (Å²) in [6, 6.07) is 10.5. The maximum Gasteiger partial charge on any atom is 0.126 e. The van der Waals surface area contributed by atoms with Crippen LogP contribution in [-0.2, 0) is 6.42 Å². The number of aliphatic hydroxyl groups excluding tert-OH is 1. The molecule has 0 aliphatic carbocycles. The summed E-state index contributed by atoms with van der Waals surface area (Å²) in [7, 11) is 1.59. The highest BCUT2D eigenvalue weighted by atomic mass is 19.1. The largest absolute Gasteiger partial charge is 0.496 e. The molecular formula is C17H18FNO2. The summed E-state index contributed by atoms with van der Waals surface area (Å²) in [6.07, 6.45) is 0.209. The molecule has 0 unspecified atom stereocenters. The van der Waals surface area contributed by atoms with Crippen LogP contribution in [-0.4, -0.2) is 18.8 Å². The van der Waals surface area contributed by atoms with Crippen LogP contribution in [0.3, 0.4) is 0 Å². The van der Waals surface area contributed by atoms with Crippen molar-refractivity contribution in [2.75, 3.05) is 18.6 Å². The molecule has 4 heteroatoms. The summed E-state index contributed by atoms with van der Waals surface area (Å²) in [5.74, 6) is 0.398. The van der Waals surface area contributed by atoms with Gasteiger partial charge in [0.05, 0.1) is 18.9 Å². The van der Waals surface area contributed by atoms with E-state index in [1.807, 2.05) is 29.2 Å². The molecule has 1 N–H and O–H groups in total. The van der Waals surface area contributed by atoms with E-state index in [-0.39, 0.29) is 5.82 Å². The number of rotatable bonds is 3. The molecule has 0 saturated heterocycles. The molecule has 1 atom stereocenters. The number of ether oxygens (including phenoxy) is 1. The Labute approximate surface area is 123 Å². The second-order valence-corrected chi connectivity index (χ2v) is 5.24. The summed E-state index contributed by atoms with van der Waals surface area (Å²) in [5, 5.41) is 10.1. The fraction of sp³-hybridized carbons (Fsp3) is 0.294. The average molecular weight is 287 g/mol. The molecule has 0 aromatic heterocycles. The Morgan fingerprint density at radius 3 is 2.76 bits per heavy atom. The Morgan fingerprint density at radius 2 is 2.05 bits per heavy atom. The van der Waals surface area contributed by atoms with Crippen molar-refractivity contribution in [1.82, 2.24) is 0 Å². The average Bonchev–Trinajstić information content (AvgIpc) is 2.89. The first-order valence-corrected chi connectivity index (χ1v) is 7.02. The van der Waals surface area contributed by atoms with E-state index in [1.165, 1.54) is 6.07 Å². The maximum absolute atomic E-state index is 13.6. The molecular weight excluding hydrogens is 269 g/mol. The van der Waals surface area contributed by atoms with Crippen LogP contribution < -0.4 is 9.64 Å². The monoisotopic (exact) mass is 287 g/mol. The molecule has 1 aliphatic heterocycles. The molecule has 0 spiro atoms. The van der Waals surface area contributed by atoms with Gasteiger partial charge in [-0.1, -0.05) is 12.1 Å². The Bertz CT molecular complexity index is 670. The van der Waals surface area contributed by atoms with Crippen LogP contribution in [0.5, 0.6) is 5.75 Å². The minimum atomic E-state index is -0.659. The number of hydrogen-bond acceptors (Lipinski definition) is 3. The molecule has 1 heterocycles. The molecule has 0 fully saturated rings. The fourth-order valence-electron chi connectivity index (χ4n) is 2.97. The predicted octanol–water partition coefficient (Wildman–Crippen LogP) is 3.58. The van der Waals surface area contributed by atoms with E-state index in [9.17, 15) is 9.50 Å². The van der Waals surface area contributed by atoms with Gasteiger partial charge in [0.1, 0.15) is 11.6 Å². The van der Waals surface area contributed by atoms with Crippen molar-refractivity contribution in [3.8, 4) is 5.75 Å². The zero-order valence-corrected chi connectivity index (χ0v) is 12.1. The predicted molar refractivity (Wildman–Crippen MR) is 80.7 cm³/mol. The lowest BCUT2D eigenvalue weighted by Crippen LogP contribution is -2.16. The second-order valence-electron chi connectivity index (χ2n) is 5.24. The Balaban J connectivity index is 2.13. The smallest absolute Gasteiger partial charge is 0.126 e. The molecule has 3 rings (SSSR count). The lowest BCUT2D eigenvalue weighted by molar-refractivity contribution is 0.195. The van der Waals surface area contributed by atoms with Gasteiger partial charge in [-0.05, 0) is 43.2 Å². The van der Waals surface area contributed by atoms with Crippen LogP contribution in [0.25, 0.3) is 0 Å². The number of aliphatic hydroxyl groups is 1. The van der Waals surface area contributed by atoms with Crippen molar-refractivity contribution in [1.29, 1.82) is 0 Å². The highest BCUT2D eigenvalue weighted by molar-refractivity contribution is 5.74. The fourth-order valence-corrected chi connectivity index (χ4v) is 2.97. The van der Waals surface area contributed by atoms with E-state index in [2.05, 4.69) is 0 Å². The van der Waals surface area contributed by atoms with Crippen molar-refractivity contribution in [3.63, 3.8) is 0 Å². The van der Waals surface area contributed by atoms with E-state index in [0.29, 0.717) is 5.75 Å². The molecule has 21 heavy (non-hydrogen) atoms. The Hall–Kier alpha value is -2.07. The van der Waals surface area contributed by atoms with Crippen molar-refractivity contribution in [2.24, 2.45) is 0 Å². The highest BCUT2D eigenvalue weighted by Crippen LogP contribution is 2.41. The van der Waals surface area contributed by atoms with E-state index in [1.54, 1.807) is 20.1 Å². The standard InChI is InChI=1S/C17H18FNO2/c1-11(20)17-14(4-3-5-16(17)21-2)19-9-8-12-6-7-13(18)10-15(12)19/h3-7,10-11,20H,8-9H2,1-2H3/t11-/m1/s1. The van der Waals surface area contributed by atoms with Gasteiger partial charge in [-0.2, -0.15) is 0 Å². The second kappa shape index (κ2) is 5.37. The third-order valence-corrected chi connectivity index (χ3v) is 3.91. The lowest BCUT2D eigenvalue weighted by atomic mass is 10.1. The van der Waals surface area contributed by atoms with Gasteiger partial charge >= 0.3 is 0 Å². The zero-order valence-electron chi connectivity index (χ0n) is 12.1. The van der Waals surface area contributed by atoms with Crippen molar-refractivity contribution in [2.45, 2.75) is 19.4 Å². The molecule has 0 amide bonds. The summed E-state index contributed by atoms with van der Waals surface area (Å²) < 4.78 is 18.9. The SMILES string of the molecule is COc1cccc(N2CCc3ccc(F)cc32)c1[C@@H](C)O. The molecule has 110 valence electrons. The first-order valence-electron chi connectivity index (χ1n) is 7.02. The Kier molecular flexibility index (Phi) is 3.55. The molecule has 0 bridgehead atoms. The van der Waals surface area contributed by atoms with E-state index >= 15 is 0 Å². The first kappa shape index (κ1) is 13.9. The Morgan fingerprint density at radius 1 is 1.24 bits per heavy atom. The minimum Gasteiger partial charge on any atom is -0.496 e. The third kappa shape index (κ3) is 2.36. The van der Waals surface area contributed by atoms with E-state index in [0.717, 1.165) is 35.5 Å². The first-order chi connectivity index (χ1) is 10.1. The number of nitrogens with zero attached hydrogens (tertiary/aromatic N) is 1. The number of anilines is 2. The molecule has 0 radical (unpaired) electrons. The number of halogens is 1. The van der Waals surface area contributed by atoms with Gasteiger partial charge in [0.15, 0.2) is 0 Å². The third-order valence-electron chi connectivity index (χ3n) is 3.91. The number of methoxy groups -OCH3 is 1. The molecule has 1 aliphatic rings. The van der Waals surface area contributed by atoms with Crippen molar-refractivity contribution < 1.29 is 14.2 Å². The van der Waals surface area contributed by atoms with E-state index < -0.39 is 6.10 Å². The minimum absolute atomic E-state index is 0.248. The number of hydrogen-bond donors (Lipinski definition) is 1. The van der Waals surface area contributed by atoms with Gasteiger partial charge in [0.25, 0.3) is 0 Å². The van der Waals surface area contributed by atoms with Crippen molar-refractivity contribution >= 4 is 11.4 Å². The molecule has 2 aromatic carbocycles. The number of fused-ring (bicyclic) bond motifs is 1. The van der Waals surface area contributed by atoms with Gasteiger partial charge in [0.2, 0.25) is 0 Å². The van der Waals surface area contributed by atoms with Gasteiger partial charge in [-0.25, -0.2) is 4.39 Å². The summed E-state index contributed by atoms with van der Waals surface area (Å²) in [5.41, 5.74) is 3.59. The quantitative estimate of drug-likeness (QED) is 0.936. The maximum atomic E-state index is 13.6. The number of benzene rings is 2. The summed E-state index contributed by atoms with van der Waals surface area (Å²) in [6.45, 7) is 2.48. The van der Waals surface area contributed by atoms with E-state index in [4.69, 9.17) is 4.74 Å². The van der Waals surface area contributed by atoms with Crippen LogP contribution >= 0.6 is 0 Å². The van der Waals surface area contributed by atoms with Crippen molar-refractivity contribution in [3.05, 3.63) is 53.3 Å². The van der Waals surface area contributed by atoms with Gasteiger partial charge in [0, 0.05) is 17.8 Å². The van der Waals surface area contributed by atoms with Crippen LogP contribution in [0, 0.1) is 5.82 Å². The summed E-state index contributed by atoms with van der Waals surface area (Å²) >= 11 is 0. The lowest BCUT2D eigenvalue weighted by Gasteiger charge is -2.25. The van der Waals surface area contributed by atoms with Crippen LogP contribution in [0.1, 0.15) is 24.2 Å². The molecule has 3 nitrogen and oxygen atoms in total. The molecule has 0 saturated carbocycles. The van der Waals surface area contributed by atoms with Crippen LogP contribution in [0.4, 0.5) is 15.8 Å². The highest BCUT2D eigenvalue weighted by Gasteiger charge is 2.25. The summed E-state index contributed by atoms with van der Waals surface area (Å²) in [4.78, 5) is 2.04. The van der Waals surface area contributed by atoms with Gasteiger partial charge < -0.3 is 14.7 Å². The normalized spacial score (nSPS) is 15.0. The zero-order chi connectivity index (χ0) is 15.0. The molecule has 2 aromatic rings. The van der Waals surface area contributed by atoms with Gasteiger partial charge in [-0.15, -0.1) is 0 Å². The topological polar surface area (TPSA) is 32.7 Å². The van der Waals surface area contributed by atoms with Crippen LogP contribution in [0.15, 0.2) is 36.4 Å².